The Morgan fingerprint density at radius 3 is 2.39 bits per heavy atom. The number of aromatic hydroxyl groups is 2. The van der Waals surface area contributed by atoms with Gasteiger partial charge in [0.2, 0.25) is 0 Å². The maximum atomic E-state index is 10.9. The molecule has 0 radical (unpaired) electrons. The predicted octanol–water partition coefficient (Wildman–Crippen LogP) is 6.93. The number of benzene rings is 3. The monoisotopic (exact) mass is 370 g/mol. The van der Waals surface area contributed by atoms with Gasteiger partial charge >= 0.3 is 0 Å². The van der Waals surface area contributed by atoms with Crippen LogP contribution in [0.1, 0.15) is 38.2 Å². The minimum atomic E-state index is -0.0483. The Morgan fingerprint density at radius 2 is 1.68 bits per heavy atom. The van der Waals surface area contributed by atoms with Crippen molar-refractivity contribution in [2.24, 2.45) is 5.92 Å². The highest BCUT2D eigenvalue weighted by Gasteiger charge is 2.30. The standard InChI is InChI=1S/C26H26O2/c1-16(2)20-12-11-17(3)13-23(20)26-24(27)14-19(15-25(26)28)22-10-6-8-18-7-4-5-9-21(18)22/h4-10,13-15,20,23,27-28H,1,11-12H2,2-3H3/t20-,23+/m0/s1. The van der Waals surface area contributed by atoms with Gasteiger partial charge in [0.25, 0.3) is 0 Å². The Balaban J connectivity index is 1.85. The zero-order chi connectivity index (χ0) is 19.8. The van der Waals surface area contributed by atoms with Crippen LogP contribution in [0.2, 0.25) is 0 Å². The van der Waals surface area contributed by atoms with E-state index in [1.165, 1.54) is 5.57 Å². The van der Waals surface area contributed by atoms with Crippen LogP contribution in [-0.4, -0.2) is 10.2 Å². The fourth-order valence-corrected chi connectivity index (χ4v) is 4.50. The summed E-state index contributed by atoms with van der Waals surface area (Å²) in [5, 5.41) is 24.1. The summed E-state index contributed by atoms with van der Waals surface area (Å²) >= 11 is 0. The first kappa shape index (κ1) is 18.4. The lowest BCUT2D eigenvalue weighted by molar-refractivity contribution is 0.407. The summed E-state index contributed by atoms with van der Waals surface area (Å²) in [6, 6.07) is 17.8. The van der Waals surface area contributed by atoms with E-state index < -0.39 is 0 Å². The molecule has 3 aromatic rings. The lowest BCUT2D eigenvalue weighted by Gasteiger charge is -2.31. The molecule has 2 atom stereocenters. The van der Waals surface area contributed by atoms with Crippen LogP contribution in [0.25, 0.3) is 21.9 Å². The number of phenols is 2. The molecular weight excluding hydrogens is 344 g/mol. The van der Waals surface area contributed by atoms with Crippen LogP contribution in [0.3, 0.4) is 0 Å². The molecule has 28 heavy (non-hydrogen) atoms. The molecule has 2 N–H and O–H groups in total. The largest absolute Gasteiger partial charge is 0.507 e. The molecule has 2 nitrogen and oxygen atoms in total. The second-order valence-corrected chi connectivity index (χ2v) is 7.99. The zero-order valence-corrected chi connectivity index (χ0v) is 16.4. The van der Waals surface area contributed by atoms with Gasteiger partial charge in [0.05, 0.1) is 0 Å². The summed E-state index contributed by atoms with van der Waals surface area (Å²) < 4.78 is 0. The van der Waals surface area contributed by atoms with Crippen LogP contribution >= 0.6 is 0 Å². The number of allylic oxidation sites excluding steroid dienone is 3. The summed E-state index contributed by atoms with van der Waals surface area (Å²) in [6.45, 7) is 8.29. The molecule has 3 aromatic carbocycles. The highest BCUT2D eigenvalue weighted by Crippen LogP contribution is 2.47. The van der Waals surface area contributed by atoms with Crippen LogP contribution in [-0.2, 0) is 0 Å². The summed E-state index contributed by atoms with van der Waals surface area (Å²) in [7, 11) is 0. The van der Waals surface area contributed by atoms with Crippen LogP contribution in [0.15, 0.2) is 78.4 Å². The van der Waals surface area contributed by atoms with Gasteiger partial charge in [0, 0.05) is 11.5 Å². The second-order valence-electron chi connectivity index (χ2n) is 7.99. The highest BCUT2D eigenvalue weighted by molar-refractivity contribution is 5.97. The Bertz CT molecular complexity index is 1060. The van der Waals surface area contributed by atoms with E-state index in [4.69, 9.17) is 0 Å². The quantitative estimate of drug-likeness (QED) is 0.491. The average molecular weight is 370 g/mol. The Morgan fingerprint density at radius 1 is 1.00 bits per heavy atom. The third-order valence-corrected chi connectivity index (χ3v) is 5.95. The molecule has 4 rings (SSSR count). The normalized spacial score (nSPS) is 19.4. The maximum Gasteiger partial charge on any atom is 0.123 e. The minimum absolute atomic E-state index is 0.0483. The van der Waals surface area contributed by atoms with Gasteiger partial charge in [0.15, 0.2) is 0 Å². The van der Waals surface area contributed by atoms with Crippen molar-refractivity contribution in [2.75, 3.05) is 0 Å². The van der Waals surface area contributed by atoms with Crippen LogP contribution in [0, 0.1) is 5.92 Å². The molecular formula is C26H26O2. The van der Waals surface area contributed by atoms with E-state index in [9.17, 15) is 10.2 Å². The van der Waals surface area contributed by atoms with Crippen molar-refractivity contribution in [3.8, 4) is 22.6 Å². The molecule has 0 heterocycles. The van der Waals surface area contributed by atoms with Crippen molar-refractivity contribution in [1.82, 2.24) is 0 Å². The van der Waals surface area contributed by atoms with E-state index in [1.807, 2.05) is 31.2 Å². The van der Waals surface area contributed by atoms with Crippen molar-refractivity contribution in [3.05, 3.63) is 84.0 Å². The molecule has 0 unspecified atom stereocenters. The SMILES string of the molecule is C=C(C)[C@@H]1CCC(C)=C[C@H]1c1c(O)cc(-c2cccc3ccccc23)cc1O. The van der Waals surface area contributed by atoms with Crippen molar-refractivity contribution in [3.63, 3.8) is 0 Å². The summed E-state index contributed by atoms with van der Waals surface area (Å²) in [5.74, 6) is 0.465. The molecule has 0 aromatic heterocycles. The van der Waals surface area contributed by atoms with Crippen molar-refractivity contribution < 1.29 is 10.2 Å². The van der Waals surface area contributed by atoms with Gasteiger partial charge in [0.1, 0.15) is 11.5 Å². The summed E-state index contributed by atoms with van der Waals surface area (Å²) in [4.78, 5) is 0. The molecule has 1 aliphatic rings. The van der Waals surface area contributed by atoms with Crippen LogP contribution in [0.5, 0.6) is 11.5 Å². The van der Waals surface area contributed by atoms with Crippen molar-refractivity contribution >= 4 is 10.8 Å². The first-order chi connectivity index (χ1) is 13.5. The Hall–Kier alpha value is -3.00. The molecule has 0 amide bonds. The molecule has 0 aliphatic heterocycles. The predicted molar refractivity (Wildman–Crippen MR) is 117 cm³/mol. The van der Waals surface area contributed by atoms with Gasteiger partial charge in [-0.15, -0.1) is 0 Å². The Labute approximate surface area is 166 Å². The number of rotatable bonds is 3. The zero-order valence-electron chi connectivity index (χ0n) is 16.4. The van der Waals surface area contributed by atoms with Crippen LogP contribution in [0.4, 0.5) is 0 Å². The van der Waals surface area contributed by atoms with Gasteiger partial charge in [-0.3, -0.25) is 0 Å². The minimum Gasteiger partial charge on any atom is -0.507 e. The molecule has 0 fully saturated rings. The molecule has 142 valence electrons. The fourth-order valence-electron chi connectivity index (χ4n) is 4.50. The first-order valence-corrected chi connectivity index (χ1v) is 9.82. The lowest BCUT2D eigenvalue weighted by Crippen LogP contribution is -2.17. The molecule has 0 bridgehead atoms. The van der Waals surface area contributed by atoms with Gasteiger partial charge < -0.3 is 10.2 Å². The topological polar surface area (TPSA) is 40.5 Å². The van der Waals surface area contributed by atoms with Crippen molar-refractivity contribution in [1.29, 1.82) is 0 Å². The average Bonchev–Trinajstić information content (AvgIpc) is 2.67. The van der Waals surface area contributed by atoms with E-state index in [0.717, 1.165) is 40.3 Å². The molecule has 0 saturated heterocycles. The molecule has 2 heteroatoms. The number of phenolic OH excluding ortho intramolecular Hbond substituents is 2. The summed E-state index contributed by atoms with van der Waals surface area (Å²) in [6.07, 6.45) is 4.20. The van der Waals surface area contributed by atoms with E-state index in [-0.39, 0.29) is 23.3 Å². The van der Waals surface area contributed by atoms with Crippen molar-refractivity contribution in [2.45, 2.75) is 32.6 Å². The number of hydrogen-bond acceptors (Lipinski definition) is 2. The number of hydrogen-bond donors (Lipinski definition) is 2. The first-order valence-electron chi connectivity index (χ1n) is 9.82. The smallest absolute Gasteiger partial charge is 0.123 e. The third kappa shape index (κ3) is 3.20. The lowest BCUT2D eigenvalue weighted by atomic mass is 9.73. The van der Waals surface area contributed by atoms with E-state index in [0.29, 0.717) is 5.56 Å². The highest BCUT2D eigenvalue weighted by atomic mass is 16.3. The van der Waals surface area contributed by atoms with E-state index in [1.54, 1.807) is 12.1 Å². The molecule has 0 saturated carbocycles. The van der Waals surface area contributed by atoms with Gasteiger partial charge in [-0.2, -0.15) is 0 Å². The molecule has 0 spiro atoms. The number of fused-ring (bicyclic) bond motifs is 1. The van der Waals surface area contributed by atoms with Gasteiger partial charge in [-0.1, -0.05) is 66.3 Å². The maximum absolute atomic E-state index is 10.9. The van der Waals surface area contributed by atoms with E-state index >= 15 is 0 Å². The van der Waals surface area contributed by atoms with Gasteiger partial charge in [-0.05, 0) is 66.6 Å². The third-order valence-electron chi connectivity index (χ3n) is 5.95. The Kier molecular flexibility index (Phi) is 4.72. The van der Waals surface area contributed by atoms with Crippen LogP contribution < -0.4 is 0 Å². The fraction of sp³-hybridized carbons (Fsp3) is 0.231. The summed E-state index contributed by atoms with van der Waals surface area (Å²) in [5.41, 5.74) is 4.81. The molecule has 1 aliphatic carbocycles. The van der Waals surface area contributed by atoms with Gasteiger partial charge in [-0.25, -0.2) is 0 Å². The second kappa shape index (κ2) is 7.20. The van der Waals surface area contributed by atoms with E-state index in [2.05, 4.69) is 37.8 Å².